The SMILES string of the molecule is O=C(Nc1ccc2ncc(-c3cn[nH]c3)cc2n1)NC1CCCC1. The molecule has 3 heterocycles. The van der Waals surface area contributed by atoms with Crippen molar-refractivity contribution >= 4 is 22.9 Å². The van der Waals surface area contributed by atoms with E-state index in [1.54, 1.807) is 24.7 Å². The van der Waals surface area contributed by atoms with Crippen LogP contribution in [0.5, 0.6) is 0 Å². The average molecular weight is 322 g/mol. The van der Waals surface area contributed by atoms with Crippen LogP contribution in [0.4, 0.5) is 10.6 Å². The number of aromatic nitrogens is 4. The van der Waals surface area contributed by atoms with Gasteiger partial charge in [0, 0.05) is 29.6 Å². The lowest BCUT2D eigenvalue weighted by Gasteiger charge is -2.12. The molecule has 0 aromatic carbocycles. The number of fused-ring (bicyclic) bond motifs is 1. The van der Waals surface area contributed by atoms with Crippen LogP contribution in [0.3, 0.4) is 0 Å². The number of hydrogen-bond acceptors (Lipinski definition) is 4. The monoisotopic (exact) mass is 322 g/mol. The van der Waals surface area contributed by atoms with Gasteiger partial charge in [0.05, 0.1) is 17.2 Å². The number of nitrogens with zero attached hydrogens (tertiary/aromatic N) is 3. The molecule has 1 saturated carbocycles. The lowest BCUT2D eigenvalue weighted by atomic mass is 10.1. The molecule has 0 unspecified atom stereocenters. The third-order valence-electron chi connectivity index (χ3n) is 4.30. The number of amides is 2. The molecular weight excluding hydrogens is 304 g/mol. The summed E-state index contributed by atoms with van der Waals surface area (Å²) in [5, 5.41) is 12.5. The minimum absolute atomic E-state index is 0.201. The highest BCUT2D eigenvalue weighted by atomic mass is 16.2. The second kappa shape index (κ2) is 6.27. The summed E-state index contributed by atoms with van der Waals surface area (Å²) in [6.45, 7) is 0. The zero-order chi connectivity index (χ0) is 16.4. The maximum absolute atomic E-state index is 12.1. The highest BCUT2D eigenvalue weighted by Gasteiger charge is 2.17. The van der Waals surface area contributed by atoms with Crippen molar-refractivity contribution in [1.82, 2.24) is 25.5 Å². The molecule has 3 aromatic rings. The van der Waals surface area contributed by atoms with Crippen molar-refractivity contribution in [2.75, 3.05) is 5.32 Å². The number of rotatable bonds is 3. The summed E-state index contributed by atoms with van der Waals surface area (Å²) in [5.41, 5.74) is 3.39. The van der Waals surface area contributed by atoms with Gasteiger partial charge in [-0.25, -0.2) is 9.78 Å². The standard InChI is InChI=1S/C17H18N6O/c24-17(21-13-3-1-2-4-13)23-16-6-5-14-15(22-16)7-11(8-18-14)12-9-19-20-10-12/h5-10,13H,1-4H2,(H,19,20)(H2,21,22,23,24). The molecule has 4 rings (SSSR count). The number of H-pyrrole nitrogens is 1. The Morgan fingerprint density at radius 2 is 2.00 bits per heavy atom. The van der Waals surface area contributed by atoms with Crippen LogP contribution in [0.2, 0.25) is 0 Å². The Hall–Kier alpha value is -2.96. The topological polar surface area (TPSA) is 95.6 Å². The van der Waals surface area contributed by atoms with Gasteiger partial charge >= 0.3 is 6.03 Å². The zero-order valence-corrected chi connectivity index (χ0v) is 13.1. The Kier molecular flexibility index (Phi) is 3.82. The van der Waals surface area contributed by atoms with Crippen LogP contribution < -0.4 is 10.6 Å². The normalized spacial score (nSPS) is 14.8. The first-order valence-electron chi connectivity index (χ1n) is 8.11. The highest BCUT2D eigenvalue weighted by Crippen LogP contribution is 2.22. The molecule has 0 bridgehead atoms. The van der Waals surface area contributed by atoms with Gasteiger partial charge < -0.3 is 5.32 Å². The van der Waals surface area contributed by atoms with Gasteiger partial charge in [0.15, 0.2) is 0 Å². The highest BCUT2D eigenvalue weighted by molar-refractivity contribution is 5.90. The summed E-state index contributed by atoms with van der Waals surface area (Å²) < 4.78 is 0. The van der Waals surface area contributed by atoms with E-state index in [0.717, 1.165) is 35.0 Å². The van der Waals surface area contributed by atoms with Gasteiger partial charge in [-0.15, -0.1) is 0 Å². The molecule has 0 aliphatic heterocycles. The predicted molar refractivity (Wildman–Crippen MR) is 91.5 cm³/mol. The fraction of sp³-hybridized carbons (Fsp3) is 0.294. The van der Waals surface area contributed by atoms with E-state index in [2.05, 4.69) is 30.8 Å². The molecule has 7 nitrogen and oxygen atoms in total. The second-order valence-electron chi connectivity index (χ2n) is 6.03. The molecule has 1 aliphatic rings. The van der Waals surface area contributed by atoms with Crippen molar-refractivity contribution in [1.29, 1.82) is 0 Å². The van der Waals surface area contributed by atoms with Crippen LogP contribution in [0.15, 0.2) is 36.8 Å². The lowest BCUT2D eigenvalue weighted by Crippen LogP contribution is -2.36. The molecule has 0 radical (unpaired) electrons. The van der Waals surface area contributed by atoms with Gasteiger partial charge in [0.2, 0.25) is 0 Å². The minimum atomic E-state index is -0.201. The molecule has 1 aliphatic carbocycles. The Balaban J connectivity index is 1.54. The molecule has 7 heteroatoms. The van der Waals surface area contributed by atoms with Gasteiger partial charge in [-0.2, -0.15) is 5.10 Å². The van der Waals surface area contributed by atoms with Gasteiger partial charge in [-0.1, -0.05) is 12.8 Å². The summed E-state index contributed by atoms with van der Waals surface area (Å²) in [5.74, 6) is 0.518. The molecule has 0 spiro atoms. The van der Waals surface area contributed by atoms with E-state index in [1.165, 1.54) is 12.8 Å². The Morgan fingerprint density at radius 1 is 1.12 bits per heavy atom. The number of carbonyl (C=O) groups excluding carboxylic acids is 1. The van der Waals surface area contributed by atoms with Crippen molar-refractivity contribution in [3.8, 4) is 11.1 Å². The number of hydrogen-bond donors (Lipinski definition) is 3. The van der Waals surface area contributed by atoms with Crippen LogP contribution in [-0.2, 0) is 0 Å². The Labute approximate surface area is 138 Å². The van der Waals surface area contributed by atoms with Crippen molar-refractivity contribution in [3.05, 3.63) is 36.8 Å². The molecule has 122 valence electrons. The van der Waals surface area contributed by atoms with Crippen molar-refractivity contribution in [2.45, 2.75) is 31.7 Å². The van der Waals surface area contributed by atoms with Crippen LogP contribution in [0.25, 0.3) is 22.2 Å². The third-order valence-corrected chi connectivity index (χ3v) is 4.30. The molecule has 3 aromatic heterocycles. The molecule has 1 fully saturated rings. The Bertz CT molecular complexity index is 855. The number of carbonyl (C=O) groups is 1. The van der Waals surface area contributed by atoms with Crippen LogP contribution in [0.1, 0.15) is 25.7 Å². The maximum atomic E-state index is 12.1. The number of aromatic amines is 1. The molecule has 24 heavy (non-hydrogen) atoms. The smallest absolute Gasteiger partial charge is 0.320 e. The molecular formula is C17H18N6O. The fourth-order valence-corrected chi connectivity index (χ4v) is 3.05. The summed E-state index contributed by atoms with van der Waals surface area (Å²) in [4.78, 5) is 21.0. The first-order chi connectivity index (χ1) is 11.8. The van der Waals surface area contributed by atoms with E-state index < -0.39 is 0 Å². The Morgan fingerprint density at radius 3 is 2.79 bits per heavy atom. The number of pyridine rings is 2. The van der Waals surface area contributed by atoms with Crippen molar-refractivity contribution in [3.63, 3.8) is 0 Å². The molecule has 3 N–H and O–H groups in total. The number of anilines is 1. The molecule has 0 saturated heterocycles. The van der Waals surface area contributed by atoms with Gasteiger partial charge in [-0.05, 0) is 31.0 Å². The number of nitrogens with one attached hydrogen (secondary N) is 3. The molecule has 0 atom stereocenters. The first-order valence-corrected chi connectivity index (χ1v) is 8.11. The van der Waals surface area contributed by atoms with Crippen LogP contribution in [0, 0.1) is 0 Å². The molecule has 2 amide bonds. The largest absolute Gasteiger partial charge is 0.335 e. The van der Waals surface area contributed by atoms with Gasteiger partial charge in [-0.3, -0.25) is 15.4 Å². The predicted octanol–water partition coefficient (Wildman–Crippen LogP) is 3.08. The van der Waals surface area contributed by atoms with Crippen LogP contribution >= 0.6 is 0 Å². The van der Waals surface area contributed by atoms with Crippen LogP contribution in [-0.4, -0.2) is 32.2 Å². The lowest BCUT2D eigenvalue weighted by molar-refractivity contribution is 0.248. The van der Waals surface area contributed by atoms with E-state index in [0.29, 0.717) is 5.82 Å². The minimum Gasteiger partial charge on any atom is -0.335 e. The van der Waals surface area contributed by atoms with E-state index in [1.807, 2.05) is 12.1 Å². The average Bonchev–Trinajstić information content (AvgIpc) is 3.27. The van der Waals surface area contributed by atoms with Crippen molar-refractivity contribution in [2.24, 2.45) is 0 Å². The van der Waals surface area contributed by atoms with E-state index >= 15 is 0 Å². The maximum Gasteiger partial charge on any atom is 0.320 e. The zero-order valence-electron chi connectivity index (χ0n) is 13.1. The number of urea groups is 1. The summed E-state index contributed by atoms with van der Waals surface area (Å²) in [7, 11) is 0. The quantitative estimate of drug-likeness (QED) is 0.690. The van der Waals surface area contributed by atoms with E-state index in [4.69, 9.17) is 0 Å². The second-order valence-corrected chi connectivity index (χ2v) is 6.03. The van der Waals surface area contributed by atoms with Gasteiger partial charge in [0.1, 0.15) is 5.82 Å². The third kappa shape index (κ3) is 3.05. The summed E-state index contributed by atoms with van der Waals surface area (Å²) in [6, 6.07) is 5.63. The van der Waals surface area contributed by atoms with E-state index in [9.17, 15) is 4.79 Å². The fourth-order valence-electron chi connectivity index (χ4n) is 3.05. The summed E-state index contributed by atoms with van der Waals surface area (Å²) >= 11 is 0. The van der Waals surface area contributed by atoms with E-state index in [-0.39, 0.29) is 12.1 Å². The summed E-state index contributed by atoms with van der Waals surface area (Å²) in [6.07, 6.45) is 9.80. The van der Waals surface area contributed by atoms with Gasteiger partial charge in [0.25, 0.3) is 0 Å². The van der Waals surface area contributed by atoms with Crippen molar-refractivity contribution < 1.29 is 4.79 Å². The first kappa shape index (κ1) is 14.6.